The molecule has 6 heteroatoms. The lowest BCUT2D eigenvalue weighted by Gasteiger charge is -2.09. The van der Waals surface area contributed by atoms with E-state index in [1.807, 2.05) is 0 Å². The fourth-order valence-corrected chi connectivity index (χ4v) is 2.18. The van der Waals surface area contributed by atoms with Crippen LogP contribution in [0, 0.1) is 18.3 Å². The predicted molar refractivity (Wildman–Crippen MR) is 80.2 cm³/mol. The van der Waals surface area contributed by atoms with E-state index in [1.54, 1.807) is 31.2 Å². The van der Waals surface area contributed by atoms with Crippen molar-refractivity contribution in [2.24, 2.45) is 0 Å². The Morgan fingerprint density at radius 3 is 2.68 bits per heavy atom. The number of nitrogens with one attached hydrogen (secondary N) is 2. The molecule has 0 fully saturated rings. The molecule has 0 unspecified atom stereocenters. The highest BCUT2D eigenvalue weighted by atomic mass is 19.1. The highest BCUT2D eigenvalue weighted by Gasteiger charge is 2.14. The first-order chi connectivity index (χ1) is 10.5. The normalized spacial score (nSPS) is 10.1. The molecule has 1 aromatic carbocycles. The maximum Gasteiger partial charge on any atom is 0.256 e. The summed E-state index contributed by atoms with van der Waals surface area (Å²) in [6, 6.07) is 8.05. The average molecular weight is 299 g/mol. The molecule has 1 heterocycles. The quantitative estimate of drug-likeness (QED) is 0.909. The van der Waals surface area contributed by atoms with Crippen molar-refractivity contribution in [1.82, 2.24) is 10.3 Å². The van der Waals surface area contributed by atoms with Gasteiger partial charge < -0.3 is 10.3 Å². The topological polar surface area (TPSA) is 85.8 Å². The number of aromatic nitrogens is 1. The number of nitrogens with zero attached hydrogens (tertiary/aromatic N) is 1. The Bertz CT molecular complexity index is 834. The van der Waals surface area contributed by atoms with Crippen LogP contribution in [0.4, 0.5) is 4.39 Å². The number of aromatic amines is 1. The minimum Gasteiger partial charge on any atom is -0.355 e. The number of pyridine rings is 1. The monoisotopic (exact) mass is 299 g/mol. The van der Waals surface area contributed by atoms with Crippen LogP contribution in [0.15, 0.2) is 29.1 Å². The van der Waals surface area contributed by atoms with Crippen LogP contribution in [0.3, 0.4) is 0 Å². The van der Waals surface area contributed by atoms with Crippen molar-refractivity contribution >= 4 is 5.91 Å². The molecule has 0 aliphatic carbocycles. The third kappa shape index (κ3) is 2.74. The number of amides is 1. The summed E-state index contributed by atoms with van der Waals surface area (Å²) in [5.74, 6) is -0.281. The molecular weight excluding hydrogens is 285 g/mol. The SMILES string of the molecule is CNC(=O)c1ccc(C)c(-c2cc(CF)c(C#N)[nH]c2=O)c1. The van der Waals surface area contributed by atoms with Crippen LogP contribution in [0.2, 0.25) is 0 Å². The second kappa shape index (κ2) is 6.22. The summed E-state index contributed by atoms with van der Waals surface area (Å²) in [6.07, 6.45) is 0. The van der Waals surface area contributed by atoms with Crippen LogP contribution < -0.4 is 10.9 Å². The first-order valence-electron chi connectivity index (χ1n) is 6.57. The van der Waals surface area contributed by atoms with Crippen molar-refractivity contribution in [3.8, 4) is 17.2 Å². The molecule has 0 bridgehead atoms. The number of nitriles is 1. The van der Waals surface area contributed by atoms with Crippen LogP contribution >= 0.6 is 0 Å². The van der Waals surface area contributed by atoms with Gasteiger partial charge >= 0.3 is 0 Å². The molecule has 0 spiro atoms. The van der Waals surface area contributed by atoms with E-state index >= 15 is 0 Å². The Kier molecular flexibility index (Phi) is 4.37. The first kappa shape index (κ1) is 15.4. The Balaban J connectivity index is 2.69. The second-order valence-corrected chi connectivity index (χ2v) is 4.77. The van der Waals surface area contributed by atoms with E-state index in [2.05, 4.69) is 10.3 Å². The smallest absolute Gasteiger partial charge is 0.256 e. The van der Waals surface area contributed by atoms with Gasteiger partial charge in [0, 0.05) is 23.7 Å². The van der Waals surface area contributed by atoms with Gasteiger partial charge in [-0.1, -0.05) is 6.07 Å². The molecule has 112 valence electrons. The van der Waals surface area contributed by atoms with Gasteiger partial charge in [-0.15, -0.1) is 0 Å². The van der Waals surface area contributed by atoms with Crippen molar-refractivity contribution in [2.45, 2.75) is 13.6 Å². The minimum absolute atomic E-state index is 0.0867. The van der Waals surface area contributed by atoms with Crippen LogP contribution in [0.1, 0.15) is 27.2 Å². The second-order valence-electron chi connectivity index (χ2n) is 4.77. The van der Waals surface area contributed by atoms with E-state index in [4.69, 9.17) is 5.26 Å². The highest BCUT2D eigenvalue weighted by molar-refractivity contribution is 5.95. The molecule has 2 aromatic rings. The Morgan fingerprint density at radius 1 is 1.36 bits per heavy atom. The number of hydrogen-bond donors (Lipinski definition) is 2. The van der Waals surface area contributed by atoms with Gasteiger partial charge in [-0.25, -0.2) is 4.39 Å². The van der Waals surface area contributed by atoms with E-state index in [-0.39, 0.29) is 22.7 Å². The molecule has 2 N–H and O–H groups in total. The summed E-state index contributed by atoms with van der Waals surface area (Å²) in [7, 11) is 1.51. The Hall–Kier alpha value is -2.94. The maximum absolute atomic E-state index is 13.0. The number of alkyl halides is 1. The van der Waals surface area contributed by atoms with E-state index < -0.39 is 12.2 Å². The molecule has 0 radical (unpaired) electrons. The van der Waals surface area contributed by atoms with Crippen molar-refractivity contribution in [3.05, 3.63) is 57.0 Å². The molecule has 0 saturated carbocycles. The molecule has 22 heavy (non-hydrogen) atoms. The lowest BCUT2D eigenvalue weighted by Crippen LogP contribution is -2.18. The first-order valence-corrected chi connectivity index (χ1v) is 6.57. The lowest BCUT2D eigenvalue weighted by molar-refractivity contribution is 0.0963. The fraction of sp³-hybridized carbons (Fsp3) is 0.188. The summed E-state index contributed by atoms with van der Waals surface area (Å²) in [5.41, 5.74) is 1.46. The van der Waals surface area contributed by atoms with Crippen molar-refractivity contribution in [3.63, 3.8) is 0 Å². The Labute approximate surface area is 126 Å². The van der Waals surface area contributed by atoms with Crippen molar-refractivity contribution < 1.29 is 9.18 Å². The van der Waals surface area contributed by atoms with E-state index in [0.29, 0.717) is 11.1 Å². The number of carbonyl (C=O) groups excluding carboxylic acids is 1. The van der Waals surface area contributed by atoms with Crippen LogP contribution in [0.5, 0.6) is 0 Å². The number of carbonyl (C=O) groups is 1. The number of benzene rings is 1. The molecule has 0 atom stereocenters. The van der Waals surface area contributed by atoms with Gasteiger partial charge in [0.25, 0.3) is 11.5 Å². The van der Waals surface area contributed by atoms with E-state index in [0.717, 1.165) is 5.56 Å². The zero-order valence-electron chi connectivity index (χ0n) is 12.2. The van der Waals surface area contributed by atoms with Crippen molar-refractivity contribution in [1.29, 1.82) is 5.26 Å². The zero-order chi connectivity index (χ0) is 16.3. The largest absolute Gasteiger partial charge is 0.355 e. The van der Waals surface area contributed by atoms with E-state index in [9.17, 15) is 14.0 Å². The molecule has 2 rings (SSSR count). The minimum atomic E-state index is -0.860. The maximum atomic E-state index is 13.0. The van der Waals surface area contributed by atoms with Gasteiger partial charge in [-0.3, -0.25) is 9.59 Å². The van der Waals surface area contributed by atoms with Gasteiger partial charge in [-0.05, 0) is 36.2 Å². The third-order valence-corrected chi connectivity index (χ3v) is 3.40. The van der Waals surface area contributed by atoms with Gasteiger partial charge in [-0.2, -0.15) is 5.26 Å². The average Bonchev–Trinajstić information content (AvgIpc) is 2.54. The predicted octanol–water partition coefficient (Wildman–Crippen LogP) is 2.05. The molecule has 0 saturated heterocycles. The molecular formula is C16H14FN3O2. The summed E-state index contributed by atoms with van der Waals surface area (Å²) in [5, 5.41) is 11.4. The Morgan fingerprint density at radius 2 is 2.09 bits per heavy atom. The number of H-pyrrole nitrogens is 1. The molecule has 1 aromatic heterocycles. The summed E-state index contributed by atoms with van der Waals surface area (Å²) in [6.45, 7) is 0.927. The highest BCUT2D eigenvalue weighted by Crippen LogP contribution is 2.23. The third-order valence-electron chi connectivity index (χ3n) is 3.40. The van der Waals surface area contributed by atoms with E-state index in [1.165, 1.54) is 13.1 Å². The zero-order valence-corrected chi connectivity index (χ0v) is 12.2. The summed E-state index contributed by atoms with van der Waals surface area (Å²) in [4.78, 5) is 26.2. The van der Waals surface area contributed by atoms with Crippen LogP contribution in [0.25, 0.3) is 11.1 Å². The van der Waals surface area contributed by atoms with Gasteiger partial charge in [0.15, 0.2) is 0 Å². The summed E-state index contributed by atoms with van der Waals surface area (Å²) < 4.78 is 13.0. The number of aryl methyl sites for hydroxylation is 1. The lowest BCUT2D eigenvalue weighted by atomic mass is 9.97. The van der Waals surface area contributed by atoms with Gasteiger partial charge in [0.05, 0.1) is 0 Å². The molecule has 0 aliphatic rings. The number of halogens is 1. The molecule has 0 aliphatic heterocycles. The molecule has 5 nitrogen and oxygen atoms in total. The fourth-order valence-electron chi connectivity index (χ4n) is 2.18. The number of rotatable bonds is 3. The molecule has 1 amide bonds. The van der Waals surface area contributed by atoms with Crippen molar-refractivity contribution in [2.75, 3.05) is 7.05 Å². The standard InChI is InChI=1S/C16H14FN3O2/c1-9-3-4-10(15(21)19-2)5-12(9)13-6-11(7-17)14(8-18)20-16(13)22/h3-6H,7H2,1-2H3,(H,19,21)(H,20,22). The van der Waals surface area contributed by atoms with Gasteiger partial charge in [0.2, 0.25) is 0 Å². The van der Waals surface area contributed by atoms with Crippen LogP contribution in [-0.2, 0) is 6.67 Å². The summed E-state index contributed by atoms with van der Waals surface area (Å²) >= 11 is 0. The number of hydrogen-bond acceptors (Lipinski definition) is 3. The van der Waals surface area contributed by atoms with Gasteiger partial charge in [0.1, 0.15) is 18.4 Å². The van der Waals surface area contributed by atoms with Crippen LogP contribution in [-0.4, -0.2) is 17.9 Å².